The minimum absolute atomic E-state index is 0.258. The Bertz CT molecular complexity index is 514. The number of hydrogen-bond donors (Lipinski definition) is 1. The Hall–Kier alpha value is -1.67. The summed E-state index contributed by atoms with van der Waals surface area (Å²) in [5.74, 6) is 0. The highest BCUT2D eigenvalue weighted by Crippen LogP contribution is 2.24. The molecule has 0 radical (unpaired) electrons. The second-order valence-corrected chi connectivity index (χ2v) is 4.45. The van der Waals surface area contributed by atoms with Crippen LogP contribution in [0.25, 0.3) is 10.8 Å². The zero-order chi connectivity index (χ0) is 12.8. The molecule has 0 aliphatic carbocycles. The minimum Gasteiger partial charge on any atom is -0.308 e. The van der Waals surface area contributed by atoms with Crippen LogP contribution in [0.2, 0.25) is 0 Å². The van der Waals surface area contributed by atoms with Gasteiger partial charge in [-0.15, -0.1) is 6.58 Å². The summed E-state index contributed by atoms with van der Waals surface area (Å²) in [5.41, 5.74) is 1.13. The maximum Gasteiger partial charge on any atom is 0.0654 e. The third kappa shape index (κ3) is 2.77. The molecule has 1 unspecified atom stereocenters. The van der Waals surface area contributed by atoms with E-state index >= 15 is 0 Å². The number of benzene rings is 1. The van der Waals surface area contributed by atoms with Crippen molar-refractivity contribution in [1.82, 2.24) is 10.3 Å². The van der Waals surface area contributed by atoms with Gasteiger partial charge in [-0.3, -0.25) is 4.98 Å². The van der Waals surface area contributed by atoms with Crippen LogP contribution >= 0.6 is 0 Å². The fourth-order valence-corrected chi connectivity index (χ4v) is 2.20. The van der Waals surface area contributed by atoms with E-state index in [1.165, 1.54) is 10.8 Å². The molecular formula is C16H20N2. The molecule has 0 spiro atoms. The molecule has 0 aliphatic heterocycles. The molecule has 1 N–H and O–H groups in total. The first-order chi connectivity index (χ1) is 8.86. The fraction of sp³-hybridized carbons (Fsp3) is 0.312. The Morgan fingerprint density at radius 2 is 2.17 bits per heavy atom. The number of hydrogen-bond acceptors (Lipinski definition) is 2. The van der Waals surface area contributed by atoms with Crippen LogP contribution in [-0.4, -0.2) is 11.5 Å². The summed E-state index contributed by atoms with van der Waals surface area (Å²) in [5, 5.41) is 6.02. The average molecular weight is 240 g/mol. The van der Waals surface area contributed by atoms with Crippen LogP contribution in [0.1, 0.15) is 31.5 Å². The van der Waals surface area contributed by atoms with Crippen LogP contribution in [0.15, 0.2) is 49.2 Å². The predicted octanol–water partition coefficient (Wildman–Crippen LogP) is 3.85. The molecule has 1 aromatic carbocycles. The van der Waals surface area contributed by atoms with Gasteiger partial charge in [0.15, 0.2) is 0 Å². The number of nitrogens with zero attached hydrogens (tertiary/aromatic N) is 1. The van der Waals surface area contributed by atoms with E-state index in [0.717, 1.165) is 25.1 Å². The van der Waals surface area contributed by atoms with Crippen LogP contribution in [-0.2, 0) is 0 Å². The Morgan fingerprint density at radius 3 is 2.94 bits per heavy atom. The van der Waals surface area contributed by atoms with Crippen molar-refractivity contribution in [2.75, 3.05) is 6.54 Å². The van der Waals surface area contributed by atoms with Crippen LogP contribution in [0.5, 0.6) is 0 Å². The third-order valence-corrected chi connectivity index (χ3v) is 3.08. The van der Waals surface area contributed by atoms with E-state index in [1.807, 2.05) is 12.3 Å². The summed E-state index contributed by atoms with van der Waals surface area (Å²) in [6.07, 6.45) is 5.87. The lowest BCUT2D eigenvalue weighted by Gasteiger charge is -2.18. The average Bonchev–Trinajstić information content (AvgIpc) is 2.43. The molecule has 18 heavy (non-hydrogen) atoms. The molecule has 2 rings (SSSR count). The molecule has 1 aromatic heterocycles. The van der Waals surface area contributed by atoms with Crippen molar-refractivity contribution in [3.63, 3.8) is 0 Å². The molecule has 1 heterocycles. The molecule has 2 heteroatoms. The minimum atomic E-state index is 0.258. The maximum absolute atomic E-state index is 4.57. The molecule has 0 aliphatic rings. The third-order valence-electron chi connectivity index (χ3n) is 3.08. The number of pyridine rings is 1. The number of fused-ring (bicyclic) bond motifs is 1. The van der Waals surface area contributed by atoms with Crippen molar-refractivity contribution < 1.29 is 0 Å². The molecule has 94 valence electrons. The molecule has 2 aromatic rings. The van der Waals surface area contributed by atoms with E-state index in [0.29, 0.717) is 0 Å². The van der Waals surface area contributed by atoms with Gasteiger partial charge in [-0.2, -0.15) is 0 Å². The van der Waals surface area contributed by atoms with Crippen LogP contribution < -0.4 is 5.32 Å². The zero-order valence-corrected chi connectivity index (χ0v) is 10.9. The van der Waals surface area contributed by atoms with Gasteiger partial charge < -0.3 is 5.32 Å². The summed E-state index contributed by atoms with van der Waals surface area (Å²) in [7, 11) is 0. The maximum atomic E-state index is 4.57. The lowest BCUT2D eigenvalue weighted by atomic mass is 10.0. The van der Waals surface area contributed by atoms with Crippen LogP contribution in [0.4, 0.5) is 0 Å². The number of aromatic nitrogens is 1. The molecule has 0 saturated heterocycles. The highest BCUT2D eigenvalue weighted by Gasteiger charge is 2.13. The molecule has 2 nitrogen and oxygen atoms in total. The summed E-state index contributed by atoms with van der Waals surface area (Å²) in [6.45, 7) is 7.02. The molecular weight excluding hydrogens is 220 g/mol. The largest absolute Gasteiger partial charge is 0.308 e. The summed E-state index contributed by atoms with van der Waals surface area (Å²) in [4.78, 5) is 4.57. The molecule has 1 atom stereocenters. The lowest BCUT2D eigenvalue weighted by molar-refractivity contribution is 0.529. The highest BCUT2D eigenvalue weighted by molar-refractivity contribution is 5.84. The standard InChI is InChI=1S/C16H20N2/c1-3-7-15(17-11-4-2)16-14-9-6-5-8-13(14)10-12-18-16/h3,5-6,8-10,12,15,17H,1,4,7,11H2,2H3. The van der Waals surface area contributed by atoms with Crippen LogP contribution in [0.3, 0.4) is 0 Å². The van der Waals surface area contributed by atoms with Crippen molar-refractivity contribution in [1.29, 1.82) is 0 Å². The van der Waals surface area contributed by atoms with Gasteiger partial charge >= 0.3 is 0 Å². The zero-order valence-electron chi connectivity index (χ0n) is 10.9. The SMILES string of the molecule is C=CCC(NCCC)c1nccc2ccccc12. The topological polar surface area (TPSA) is 24.9 Å². The van der Waals surface area contributed by atoms with Gasteiger partial charge in [-0.05, 0) is 30.8 Å². The Morgan fingerprint density at radius 1 is 1.33 bits per heavy atom. The monoisotopic (exact) mass is 240 g/mol. The smallest absolute Gasteiger partial charge is 0.0654 e. The van der Waals surface area contributed by atoms with Crippen molar-refractivity contribution >= 4 is 10.8 Å². The molecule has 0 bridgehead atoms. The summed E-state index contributed by atoms with van der Waals surface area (Å²) >= 11 is 0. The van der Waals surface area contributed by atoms with Gasteiger partial charge in [-0.25, -0.2) is 0 Å². The number of rotatable bonds is 6. The molecule has 0 fully saturated rings. The van der Waals surface area contributed by atoms with E-state index < -0.39 is 0 Å². The van der Waals surface area contributed by atoms with E-state index in [9.17, 15) is 0 Å². The van der Waals surface area contributed by atoms with Gasteiger partial charge in [0, 0.05) is 11.6 Å². The van der Waals surface area contributed by atoms with Crippen molar-refractivity contribution in [3.05, 3.63) is 54.9 Å². The van der Waals surface area contributed by atoms with Gasteiger partial charge in [-0.1, -0.05) is 37.3 Å². The van der Waals surface area contributed by atoms with Gasteiger partial charge in [0.2, 0.25) is 0 Å². The van der Waals surface area contributed by atoms with E-state index in [-0.39, 0.29) is 6.04 Å². The Balaban J connectivity index is 2.39. The second-order valence-electron chi connectivity index (χ2n) is 4.45. The normalized spacial score (nSPS) is 12.5. The Labute approximate surface area is 109 Å². The fourth-order valence-electron chi connectivity index (χ4n) is 2.20. The quantitative estimate of drug-likeness (QED) is 0.776. The van der Waals surface area contributed by atoms with E-state index in [2.05, 4.69) is 54.1 Å². The van der Waals surface area contributed by atoms with Crippen molar-refractivity contribution in [3.8, 4) is 0 Å². The van der Waals surface area contributed by atoms with E-state index in [1.54, 1.807) is 0 Å². The first-order valence-electron chi connectivity index (χ1n) is 6.54. The Kier molecular flexibility index (Phi) is 4.48. The number of nitrogens with one attached hydrogen (secondary N) is 1. The van der Waals surface area contributed by atoms with Gasteiger partial charge in [0.05, 0.1) is 11.7 Å². The molecule has 0 saturated carbocycles. The van der Waals surface area contributed by atoms with Crippen molar-refractivity contribution in [2.45, 2.75) is 25.8 Å². The van der Waals surface area contributed by atoms with Crippen molar-refractivity contribution in [2.24, 2.45) is 0 Å². The van der Waals surface area contributed by atoms with Gasteiger partial charge in [0.25, 0.3) is 0 Å². The second kappa shape index (κ2) is 6.31. The first kappa shape index (κ1) is 12.8. The van der Waals surface area contributed by atoms with E-state index in [4.69, 9.17) is 0 Å². The predicted molar refractivity (Wildman–Crippen MR) is 77.6 cm³/mol. The van der Waals surface area contributed by atoms with Crippen LogP contribution in [0, 0.1) is 0 Å². The molecule has 0 amide bonds. The van der Waals surface area contributed by atoms with Gasteiger partial charge in [0.1, 0.15) is 0 Å². The first-order valence-corrected chi connectivity index (χ1v) is 6.54. The lowest BCUT2D eigenvalue weighted by Crippen LogP contribution is -2.22. The summed E-state index contributed by atoms with van der Waals surface area (Å²) < 4.78 is 0. The highest BCUT2D eigenvalue weighted by atomic mass is 14.9. The summed E-state index contributed by atoms with van der Waals surface area (Å²) in [6, 6.07) is 10.7.